The van der Waals surface area contributed by atoms with Gasteiger partial charge >= 0.3 is 0 Å². The van der Waals surface area contributed by atoms with Crippen LogP contribution >= 0.6 is 0 Å². The van der Waals surface area contributed by atoms with Crippen LogP contribution in [0, 0.1) is 24.6 Å². The number of nitrogens with one attached hydrogen (secondary N) is 2. The number of benzene rings is 2. The topological polar surface area (TPSA) is 82.9 Å². The lowest BCUT2D eigenvalue weighted by Crippen LogP contribution is -2.36. The van der Waals surface area contributed by atoms with Crippen molar-refractivity contribution in [2.75, 3.05) is 18.8 Å². The molecule has 0 aliphatic carbocycles. The van der Waals surface area contributed by atoms with Gasteiger partial charge in [0.2, 0.25) is 0 Å². The average molecular weight is 603 g/mol. The fraction of sp³-hybridized carbons (Fsp3) is 0.263. The van der Waals surface area contributed by atoms with E-state index in [0.29, 0.717) is 18.0 Å². The first-order valence-corrected chi connectivity index (χ1v) is 15.2. The molecule has 45 heavy (non-hydrogen) atoms. The van der Waals surface area contributed by atoms with Crippen LogP contribution in [0.3, 0.4) is 0 Å². The Hall–Kier alpha value is -4.93. The molecule has 0 saturated carbocycles. The molecule has 3 heterocycles. The summed E-state index contributed by atoms with van der Waals surface area (Å²) in [6.45, 7) is 17.4. The van der Waals surface area contributed by atoms with E-state index in [9.17, 15) is 4.39 Å². The van der Waals surface area contributed by atoms with Gasteiger partial charge in [0.25, 0.3) is 0 Å². The highest BCUT2D eigenvalue weighted by molar-refractivity contribution is 5.91. The molecule has 5 rings (SSSR count). The Bertz CT molecular complexity index is 1750. The first-order valence-electron chi connectivity index (χ1n) is 15.2. The average Bonchev–Trinajstić information content (AvgIpc) is 3.41. The Morgan fingerprint density at radius 2 is 1.96 bits per heavy atom. The third-order valence-electron chi connectivity index (χ3n) is 7.72. The largest absolute Gasteiger partial charge is 0.398 e. The van der Waals surface area contributed by atoms with E-state index in [4.69, 9.17) is 10.7 Å². The molecular weight excluding hydrogens is 559 g/mol. The summed E-state index contributed by atoms with van der Waals surface area (Å²) in [6.07, 6.45) is 20.1. The standard InChI is InChI=1S/C36H41FN6.C2H2/c1-6-26(18-31(7-2)40-24(5)13-23(3)4)27-9-10-33(38)29(16-27)19-35-41-34-21-39-20-32(36(34)42-35)28-14-25(15-30(37)17-28)22-43-11-8-12-43;1-2/h6-7,9-10,14-18,20-21,23,40H,2,5,8,11-13,19,22,38H2,1,3-4H3,(H,41,42);1-2H/b26-6+,31-18+;. The van der Waals surface area contributed by atoms with Crippen molar-refractivity contribution >= 4 is 22.3 Å². The van der Waals surface area contributed by atoms with E-state index in [-0.39, 0.29) is 5.82 Å². The third-order valence-corrected chi connectivity index (χ3v) is 7.72. The lowest BCUT2D eigenvalue weighted by Gasteiger charge is -2.30. The van der Waals surface area contributed by atoms with Gasteiger partial charge in [0, 0.05) is 41.8 Å². The number of nitrogens with zero attached hydrogens (tertiary/aromatic N) is 3. The molecule has 1 aliphatic heterocycles. The molecule has 2 aromatic carbocycles. The fourth-order valence-corrected chi connectivity index (χ4v) is 5.49. The number of aromatic amines is 1. The van der Waals surface area contributed by atoms with Gasteiger partial charge in [0.05, 0.1) is 17.2 Å². The van der Waals surface area contributed by atoms with Gasteiger partial charge in [0.15, 0.2) is 0 Å². The zero-order valence-corrected chi connectivity index (χ0v) is 26.5. The molecule has 0 unspecified atom stereocenters. The van der Waals surface area contributed by atoms with Gasteiger partial charge in [-0.3, -0.25) is 9.88 Å². The van der Waals surface area contributed by atoms with Gasteiger partial charge in [-0.05, 0) is 109 Å². The number of anilines is 1. The first-order chi connectivity index (χ1) is 21.7. The molecule has 1 fully saturated rings. The maximum absolute atomic E-state index is 14.7. The predicted molar refractivity (Wildman–Crippen MR) is 186 cm³/mol. The molecule has 0 spiro atoms. The highest BCUT2D eigenvalue weighted by atomic mass is 19.1. The van der Waals surface area contributed by atoms with Crippen molar-refractivity contribution in [3.63, 3.8) is 0 Å². The number of halogens is 1. The number of terminal acetylenes is 1. The number of nitrogen functional groups attached to an aromatic ring is 1. The number of fused-ring (bicyclic) bond motifs is 1. The highest BCUT2D eigenvalue weighted by Crippen LogP contribution is 2.30. The molecule has 4 N–H and O–H groups in total. The summed E-state index contributed by atoms with van der Waals surface area (Å²) in [7, 11) is 0. The van der Waals surface area contributed by atoms with Crippen LogP contribution in [0.1, 0.15) is 56.1 Å². The molecule has 0 radical (unpaired) electrons. The van der Waals surface area contributed by atoms with E-state index in [1.165, 1.54) is 6.42 Å². The molecule has 4 aromatic rings. The molecule has 6 nitrogen and oxygen atoms in total. The highest BCUT2D eigenvalue weighted by Gasteiger charge is 2.17. The van der Waals surface area contributed by atoms with Crippen LogP contribution in [0.4, 0.5) is 10.1 Å². The van der Waals surface area contributed by atoms with E-state index < -0.39 is 0 Å². The summed E-state index contributed by atoms with van der Waals surface area (Å²) in [6, 6.07) is 11.3. The molecular formula is C38H43FN6. The molecule has 232 valence electrons. The van der Waals surface area contributed by atoms with E-state index in [1.807, 2.05) is 25.1 Å². The van der Waals surface area contributed by atoms with E-state index >= 15 is 0 Å². The zero-order chi connectivity index (χ0) is 32.5. The number of pyridine rings is 1. The Morgan fingerprint density at radius 1 is 1.18 bits per heavy atom. The molecule has 0 atom stereocenters. The third kappa shape index (κ3) is 8.37. The fourth-order valence-electron chi connectivity index (χ4n) is 5.49. The number of imidazole rings is 1. The Balaban J connectivity index is 0.00000226. The van der Waals surface area contributed by atoms with Crippen molar-refractivity contribution in [2.45, 2.75) is 46.6 Å². The van der Waals surface area contributed by atoms with Gasteiger partial charge in [-0.2, -0.15) is 0 Å². The SMILES string of the molecule is C#C.C=C/C(=C\C(=C/C)c1ccc(N)c(Cc2nc3c(-c4cc(F)cc(CN5CCC5)c4)cncc3[nH]2)c1)NC(=C)CC(C)C. The lowest BCUT2D eigenvalue weighted by molar-refractivity contribution is 0.172. The second kappa shape index (κ2) is 15.2. The minimum absolute atomic E-state index is 0.252. The Morgan fingerprint density at radius 3 is 2.62 bits per heavy atom. The number of nitrogens with two attached hydrogens (primary N) is 1. The summed E-state index contributed by atoms with van der Waals surface area (Å²) in [5.74, 6) is 1.03. The van der Waals surface area contributed by atoms with Crippen LogP contribution in [0.5, 0.6) is 0 Å². The van der Waals surface area contributed by atoms with Crippen LogP contribution in [0.2, 0.25) is 0 Å². The number of allylic oxidation sites excluding steroid dienone is 5. The van der Waals surface area contributed by atoms with Crippen molar-refractivity contribution in [3.05, 3.63) is 120 Å². The summed E-state index contributed by atoms with van der Waals surface area (Å²) in [5, 5.41) is 3.39. The summed E-state index contributed by atoms with van der Waals surface area (Å²) in [4.78, 5) is 15.1. The number of H-pyrrole nitrogens is 1. The van der Waals surface area contributed by atoms with Crippen molar-refractivity contribution in [1.29, 1.82) is 0 Å². The van der Waals surface area contributed by atoms with Crippen LogP contribution in [0.25, 0.3) is 27.7 Å². The number of hydrogen-bond donors (Lipinski definition) is 3. The smallest absolute Gasteiger partial charge is 0.124 e. The molecule has 0 amide bonds. The summed E-state index contributed by atoms with van der Waals surface area (Å²) in [5.41, 5.74) is 16.1. The number of rotatable bonds is 12. The number of aromatic nitrogens is 3. The Kier molecular flexibility index (Phi) is 11.1. The predicted octanol–water partition coefficient (Wildman–Crippen LogP) is 8.01. The number of hydrogen-bond acceptors (Lipinski definition) is 5. The van der Waals surface area contributed by atoms with Crippen LogP contribution in [0.15, 0.2) is 91.6 Å². The van der Waals surface area contributed by atoms with E-state index in [0.717, 1.165) is 87.7 Å². The number of likely N-dealkylation sites (tertiary alicyclic amines) is 1. The molecule has 2 aromatic heterocycles. The summed E-state index contributed by atoms with van der Waals surface area (Å²) >= 11 is 0. The molecule has 0 bridgehead atoms. The van der Waals surface area contributed by atoms with Crippen molar-refractivity contribution in [2.24, 2.45) is 5.92 Å². The van der Waals surface area contributed by atoms with Crippen molar-refractivity contribution in [1.82, 2.24) is 25.2 Å². The van der Waals surface area contributed by atoms with Crippen LogP contribution in [-0.2, 0) is 13.0 Å². The lowest BCUT2D eigenvalue weighted by atomic mass is 9.99. The second-order valence-electron chi connectivity index (χ2n) is 11.7. The van der Waals surface area contributed by atoms with Gasteiger partial charge in [0.1, 0.15) is 11.6 Å². The Labute approximate surface area is 266 Å². The van der Waals surface area contributed by atoms with Gasteiger partial charge in [-0.1, -0.05) is 39.1 Å². The van der Waals surface area contributed by atoms with Crippen molar-refractivity contribution < 1.29 is 4.39 Å². The molecule has 7 heteroatoms. The second-order valence-corrected chi connectivity index (χ2v) is 11.7. The van der Waals surface area contributed by atoms with Gasteiger partial charge in [-0.15, -0.1) is 12.8 Å². The monoisotopic (exact) mass is 602 g/mol. The first kappa shape index (κ1) is 33.0. The maximum atomic E-state index is 14.7. The van der Waals surface area contributed by atoms with Crippen LogP contribution < -0.4 is 11.1 Å². The van der Waals surface area contributed by atoms with E-state index in [2.05, 4.69) is 78.3 Å². The molecule has 1 saturated heterocycles. The maximum Gasteiger partial charge on any atom is 0.124 e. The van der Waals surface area contributed by atoms with E-state index in [1.54, 1.807) is 30.6 Å². The van der Waals surface area contributed by atoms with Crippen molar-refractivity contribution in [3.8, 4) is 24.0 Å². The zero-order valence-electron chi connectivity index (χ0n) is 26.5. The minimum Gasteiger partial charge on any atom is -0.398 e. The molecule has 1 aliphatic rings. The van der Waals surface area contributed by atoms with Gasteiger partial charge in [-0.25, -0.2) is 9.37 Å². The van der Waals surface area contributed by atoms with Gasteiger partial charge < -0.3 is 16.0 Å². The summed E-state index contributed by atoms with van der Waals surface area (Å²) < 4.78 is 14.7. The van der Waals surface area contributed by atoms with Crippen LogP contribution in [-0.4, -0.2) is 32.9 Å². The minimum atomic E-state index is -0.252. The quantitative estimate of drug-likeness (QED) is 0.0869. The normalized spacial score (nSPS) is 13.7.